The topological polar surface area (TPSA) is 75.4 Å². The van der Waals surface area contributed by atoms with Gasteiger partial charge < -0.3 is 14.8 Å². The summed E-state index contributed by atoms with van der Waals surface area (Å²) in [5.41, 5.74) is 4.91. The van der Waals surface area contributed by atoms with E-state index in [9.17, 15) is 9.90 Å². The van der Waals surface area contributed by atoms with Crippen LogP contribution in [0.5, 0.6) is 5.75 Å². The van der Waals surface area contributed by atoms with Gasteiger partial charge in [-0.2, -0.15) is 0 Å². The molecule has 5 nitrogen and oxygen atoms in total. The zero-order valence-corrected chi connectivity index (χ0v) is 16.0. The highest BCUT2D eigenvalue weighted by Gasteiger charge is 2.15. The van der Waals surface area contributed by atoms with Crippen LogP contribution in [0.3, 0.4) is 0 Å². The lowest BCUT2D eigenvalue weighted by Crippen LogP contribution is -2.11. The number of hydrogen-bond donors (Lipinski definition) is 2. The number of anilines is 1. The van der Waals surface area contributed by atoms with Crippen molar-refractivity contribution in [2.45, 2.75) is 13.8 Å². The van der Waals surface area contributed by atoms with E-state index in [0.29, 0.717) is 32.9 Å². The van der Waals surface area contributed by atoms with Gasteiger partial charge in [-0.1, -0.05) is 17.7 Å². The first-order valence-electron chi connectivity index (χ1n) is 8.69. The second-order valence-corrected chi connectivity index (χ2v) is 7.06. The van der Waals surface area contributed by atoms with Crippen LogP contribution in [0.15, 0.2) is 59.0 Å². The molecule has 3 aromatic carbocycles. The monoisotopic (exact) mass is 392 g/mol. The van der Waals surface area contributed by atoms with Crippen molar-refractivity contribution in [3.8, 4) is 17.2 Å². The summed E-state index contributed by atoms with van der Waals surface area (Å²) < 4.78 is 5.83. The number of aromatic nitrogens is 1. The third kappa shape index (κ3) is 3.44. The fourth-order valence-electron chi connectivity index (χ4n) is 2.91. The van der Waals surface area contributed by atoms with Crippen LogP contribution >= 0.6 is 11.6 Å². The molecule has 0 saturated carbocycles. The minimum absolute atomic E-state index is 0.0146. The van der Waals surface area contributed by atoms with E-state index in [0.717, 1.165) is 11.1 Å². The van der Waals surface area contributed by atoms with Crippen LogP contribution in [0.4, 0.5) is 5.69 Å². The van der Waals surface area contributed by atoms with E-state index in [2.05, 4.69) is 10.3 Å². The standard InChI is InChI=1S/C22H17ClN2O3/c1-12-8-18-20(9-13(12)2)28-22(25-18)17-11-16(6-7-19(17)26)24-21(27)14-4-3-5-15(23)10-14/h3-11,26H,1-2H3,(H,24,27). The molecule has 0 spiro atoms. The van der Waals surface area contributed by atoms with Gasteiger partial charge >= 0.3 is 0 Å². The molecule has 0 aliphatic heterocycles. The van der Waals surface area contributed by atoms with Crippen molar-refractivity contribution in [1.29, 1.82) is 0 Å². The number of carbonyl (C=O) groups excluding carboxylic acids is 1. The first-order valence-corrected chi connectivity index (χ1v) is 9.06. The molecule has 0 fully saturated rings. The average molecular weight is 393 g/mol. The van der Waals surface area contributed by atoms with Crippen LogP contribution in [0.25, 0.3) is 22.6 Å². The molecule has 4 aromatic rings. The Morgan fingerprint density at radius 3 is 2.64 bits per heavy atom. The summed E-state index contributed by atoms with van der Waals surface area (Å²) in [4.78, 5) is 16.9. The Morgan fingerprint density at radius 1 is 1.07 bits per heavy atom. The quantitative estimate of drug-likeness (QED) is 0.437. The fraction of sp³-hybridized carbons (Fsp3) is 0.0909. The molecule has 1 aromatic heterocycles. The number of fused-ring (bicyclic) bond motifs is 1. The summed E-state index contributed by atoms with van der Waals surface area (Å²) >= 11 is 5.95. The number of carbonyl (C=O) groups is 1. The molecule has 1 amide bonds. The third-order valence-corrected chi connectivity index (χ3v) is 4.81. The van der Waals surface area contributed by atoms with Crippen LogP contribution in [-0.4, -0.2) is 16.0 Å². The van der Waals surface area contributed by atoms with Gasteiger partial charge in [0.25, 0.3) is 5.91 Å². The Kier molecular flexibility index (Phi) is 4.53. The summed E-state index contributed by atoms with van der Waals surface area (Å²) in [7, 11) is 0. The maximum absolute atomic E-state index is 12.4. The first kappa shape index (κ1) is 18.1. The minimum atomic E-state index is -0.303. The average Bonchev–Trinajstić information content (AvgIpc) is 3.06. The van der Waals surface area contributed by atoms with Crippen LogP contribution in [0.1, 0.15) is 21.5 Å². The lowest BCUT2D eigenvalue weighted by atomic mass is 10.1. The van der Waals surface area contributed by atoms with Crippen molar-refractivity contribution in [3.05, 3.63) is 76.3 Å². The van der Waals surface area contributed by atoms with E-state index in [4.69, 9.17) is 16.0 Å². The zero-order valence-electron chi connectivity index (χ0n) is 15.3. The summed E-state index contributed by atoms with van der Waals surface area (Å²) in [6.45, 7) is 4.01. The number of nitrogens with one attached hydrogen (secondary N) is 1. The second kappa shape index (κ2) is 7.02. The van der Waals surface area contributed by atoms with E-state index in [1.165, 1.54) is 6.07 Å². The van der Waals surface area contributed by atoms with Crippen molar-refractivity contribution in [3.63, 3.8) is 0 Å². The molecule has 0 atom stereocenters. The van der Waals surface area contributed by atoms with Gasteiger partial charge in [0.2, 0.25) is 5.89 Å². The van der Waals surface area contributed by atoms with E-state index in [1.807, 2.05) is 26.0 Å². The number of nitrogens with zero attached hydrogens (tertiary/aromatic N) is 1. The smallest absolute Gasteiger partial charge is 0.255 e. The molecule has 28 heavy (non-hydrogen) atoms. The number of aryl methyl sites for hydroxylation is 2. The van der Waals surface area contributed by atoms with E-state index in [1.54, 1.807) is 36.4 Å². The Morgan fingerprint density at radius 2 is 1.86 bits per heavy atom. The number of phenolic OH excluding ortho intramolecular Hbond substituents is 1. The van der Waals surface area contributed by atoms with Gasteiger partial charge in [-0.05, 0) is 73.5 Å². The van der Waals surface area contributed by atoms with Crippen molar-refractivity contribution in [2.75, 3.05) is 5.32 Å². The molecule has 0 unspecified atom stereocenters. The first-order chi connectivity index (χ1) is 13.4. The highest BCUT2D eigenvalue weighted by molar-refractivity contribution is 6.31. The number of halogens is 1. The number of oxazole rings is 1. The summed E-state index contributed by atoms with van der Waals surface area (Å²) in [5.74, 6) is 0.0000589. The van der Waals surface area contributed by atoms with E-state index < -0.39 is 0 Å². The van der Waals surface area contributed by atoms with E-state index in [-0.39, 0.29) is 17.5 Å². The maximum atomic E-state index is 12.4. The molecule has 4 rings (SSSR count). The molecular formula is C22H17ClN2O3. The molecule has 0 aliphatic carbocycles. The number of rotatable bonds is 3. The molecule has 6 heteroatoms. The molecule has 0 aliphatic rings. The number of hydrogen-bond acceptors (Lipinski definition) is 4. The van der Waals surface area contributed by atoms with Gasteiger partial charge in [0, 0.05) is 16.3 Å². The Labute approximate surface area is 166 Å². The van der Waals surface area contributed by atoms with Gasteiger partial charge in [0.1, 0.15) is 11.3 Å². The second-order valence-electron chi connectivity index (χ2n) is 6.62. The highest BCUT2D eigenvalue weighted by atomic mass is 35.5. The van der Waals surface area contributed by atoms with Crippen LogP contribution in [-0.2, 0) is 0 Å². The Bertz CT molecular complexity index is 1170. The molecule has 0 bridgehead atoms. The van der Waals surface area contributed by atoms with Crippen molar-refractivity contribution in [2.24, 2.45) is 0 Å². The fourth-order valence-corrected chi connectivity index (χ4v) is 3.10. The predicted molar refractivity (Wildman–Crippen MR) is 110 cm³/mol. The SMILES string of the molecule is Cc1cc2nc(-c3cc(NC(=O)c4cccc(Cl)c4)ccc3O)oc2cc1C. The van der Waals surface area contributed by atoms with Gasteiger partial charge in [0.05, 0.1) is 5.56 Å². The molecule has 2 N–H and O–H groups in total. The molecule has 0 radical (unpaired) electrons. The van der Waals surface area contributed by atoms with Gasteiger partial charge in [0.15, 0.2) is 5.58 Å². The summed E-state index contributed by atoms with van der Waals surface area (Å²) in [6.07, 6.45) is 0. The zero-order chi connectivity index (χ0) is 19.8. The van der Waals surface area contributed by atoms with Crippen LogP contribution in [0.2, 0.25) is 5.02 Å². The number of aromatic hydroxyl groups is 1. The summed E-state index contributed by atoms with van der Waals surface area (Å²) in [6, 6.07) is 15.3. The Hall–Kier alpha value is -3.31. The van der Waals surface area contributed by atoms with Crippen molar-refractivity contribution >= 4 is 34.3 Å². The van der Waals surface area contributed by atoms with Crippen LogP contribution in [0, 0.1) is 13.8 Å². The molecular weight excluding hydrogens is 376 g/mol. The Balaban J connectivity index is 1.68. The number of amides is 1. The number of phenols is 1. The summed E-state index contributed by atoms with van der Waals surface area (Å²) in [5, 5.41) is 13.6. The molecule has 140 valence electrons. The van der Waals surface area contributed by atoms with Crippen molar-refractivity contribution in [1.82, 2.24) is 4.98 Å². The normalized spacial score (nSPS) is 11.0. The molecule has 1 heterocycles. The maximum Gasteiger partial charge on any atom is 0.255 e. The predicted octanol–water partition coefficient (Wildman–Crippen LogP) is 5.72. The third-order valence-electron chi connectivity index (χ3n) is 4.58. The largest absolute Gasteiger partial charge is 0.507 e. The number of benzene rings is 3. The van der Waals surface area contributed by atoms with Crippen LogP contribution < -0.4 is 5.32 Å². The van der Waals surface area contributed by atoms with Crippen molar-refractivity contribution < 1.29 is 14.3 Å². The van der Waals surface area contributed by atoms with Gasteiger partial charge in [-0.15, -0.1) is 0 Å². The van der Waals surface area contributed by atoms with Gasteiger partial charge in [-0.3, -0.25) is 4.79 Å². The molecule has 0 saturated heterocycles. The van der Waals surface area contributed by atoms with Gasteiger partial charge in [-0.25, -0.2) is 4.98 Å². The van der Waals surface area contributed by atoms with E-state index >= 15 is 0 Å². The lowest BCUT2D eigenvalue weighted by Gasteiger charge is -2.08. The highest BCUT2D eigenvalue weighted by Crippen LogP contribution is 2.34. The lowest BCUT2D eigenvalue weighted by molar-refractivity contribution is 0.102. The minimum Gasteiger partial charge on any atom is -0.507 e.